The third kappa shape index (κ3) is 2.41. The highest BCUT2D eigenvalue weighted by Gasteiger charge is 2.01. The van der Waals surface area contributed by atoms with Crippen LogP contribution in [0, 0.1) is 0 Å². The lowest BCUT2D eigenvalue weighted by atomic mass is 10.3. The minimum Gasteiger partial charge on any atom is -0.492 e. The summed E-state index contributed by atoms with van der Waals surface area (Å²) in [6.45, 7) is 2.77. The molecule has 2 aromatic rings. The molecule has 2 rings (SSSR count). The van der Waals surface area contributed by atoms with Crippen molar-refractivity contribution in [2.24, 2.45) is 0 Å². The lowest BCUT2D eigenvalue weighted by Gasteiger charge is -2.07. The van der Waals surface area contributed by atoms with Gasteiger partial charge in [0, 0.05) is 5.52 Å². The van der Waals surface area contributed by atoms with Gasteiger partial charge in [-0.1, -0.05) is 13.3 Å². The maximum atomic E-state index is 11.8. The van der Waals surface area contributed by atoms with E-state index in [0.717, 1.165) is 18.4 Å². The zero-order valence-corrected chi connectivity index (χ0v) is 9.85. The molecular formula is C13H16N2O2. The molecule has 4 nitrogen and oxygen atoms in total. The minimum atomic E-state index is -0.205. The molecule has 0 unspecified atom stereocenters. The average molecular weight is 232 g/mol. The van der Waals surface area contributed by atoms with Gasteiger partial charge in [-0.2, -0.15) is 0 Å². The maximum absolute atomic E-state index is 11.8. The smallest absolute Gasteiger partial charge is 0.278 e. The number of nitrogens with zero attached hydrogens (tertiary/aromatic N) is 1. The summed E-state index contributed by atoms with van der Waals surface area (Å²) in [4.78, 5) is 11.8. The second kappa shape index (κ2) is 4.91. The van der Waals surface area contributed by atoms with Crippen LogP contribution in [0.1, 0.15) is 19.8 Å². The van der Waals surface area contributed by atoms with E-state index < -0.39 is 0 Å². The van der Waals surface area contributed by atoms with Gasteiger partial charge in [-0.05, 0) is 30.7 Å². The summed E-state index contributed by atoms with van der Waals surface area (Å²) in [5.41, 5.74) is 6.43. The van der Waals surface area contributed by atoms with Crippen LogP contribution in [0.2, 0.25) is 0 Å². The van der Waals surface area contributed by atoms with Crippen molar-refractivity contribution < 1.29 is 4.74 Å². The van der Waals surface area contributed by atoms with E-state index >= 15 is 0 Å². The number of nitrogens with two attached hydrogens (primary N) is 1. The first-order valence-corrected chi connectivity index (χ1v) is 5.76. The summed E-state index contributed by atoms with van der Waals surface area (Å²) in [6, 6.07) is 7.14. The second-order valence-corrected chi connectivity index (χ2v) is 3.96. The zero-order valence-electron chi connectivity index (χ0n) is 9.85. The van der Waals surface area contributed by atoms with Crippen molar-refractivity contribution in [2.45, 2.75) is 19.8 Å². The van der Waals surface area contributed by atoms with Crippen LogP contribution in [0.3, 0.4) is 0 Å². The van der Waals surface area contributed by atoms with Crippen LogP contribution in [0.25, 0.3) is 5.52 Å². The molecule has 2 heterocycles. The van der Waals surface area contributed by atoms with Gasteiger partial charge in [-0.15, -0.1) is 0 Å². The summed E-state index contributed by atoms with van der Waals surface area (Å²) in [5, 5.41) is 0. The van der Waals surface area contributed by atoms with Crippen LogP contribution >= 0.6 is 0 Å². The number of pyridine rings is 2. The van der Waals surface area contributed by atoms with Crippen molar-refractivity contribution >= 4 is 11.2 Å². The van der Waals surface area contributed by atoms with Crippen molar-refractivity contribution in [1.82, 2.24) is 4.40 Å². The van der Waals surface area contributed by atoms with Gasteiger partial charge < -0.3 is 10.5 Å². The Hall–Kier alpha value is -1.97. The number of fused-ring (bicyclic) bond motifs is 1. The number of unbranched alkanes of at least 4 members (excludes halogenated alkanes) is 1. The monoisotopic (exact) mass is 232 g/mol. The molecule has 0 aliphatic carbocycles. The molecule has 0 fully saturated rings. The Kier molecular flexibility index (Phi) is 3.32. The van der Waals surface area contributed by atoms with Gasteiger partial charge in [-0.25, -0.2) is 0 Å². The summed E-state index contributed by atoms with van der Waals surface area (Å²) in [6.07, 6.45) is 3.77. The maximum Gasteiger partial charge on any atom is 0.278 e. The predicted molar refractivity (Wildman–Crippen MR) is 68.5 cm³/mol. The largest absolute Gasteiger partial charge is 0.492 e. The van der Waals surface area contributed by atoms with Crippen molar-refractivity contribution in [3.63, 3.8) is 0 Å². The first-order chi connectivity index (χ1) is 8.22. The van der Waals surface area contributed by atoms with Crippen LogP contribution in [0.5, 0.6) is 5.75 Å². The fraction of sp³-hybridized carbons (Fsp3) is 0.308. The Morgan fingerprint density at radius 2 is 2.06 bits per heavy atom. The standard InChI is InChI=1S/C13H16N2O2/c1-2-3-8-17-11-6-4-10-5-7-12(14)13(16)15(10)9-11/h4-7,9H,2-3,8,14H2,1H3. The van der Waals surface area contributed by atoms with Gasteiger partial charge in [0.25, 0.3) is 5.56 Å². The van der Waals surface area contributed by atoms with Gasteiger partial charge in [0.2, 0.25) is 0 Å². The number of hydrogen-bond donors (Lipinski definition) is 1. The van der Waals surface area contributed by atoms with E-state index in [1.165, 1.54) is 4.40 Å². The molecule has 0 spiro atoms. The highest BCUT2D eigenvalue weighted by atomic mass is 16.5. The van der Waals surface area contributed by atoms with Gasteiger partial charge >= 0.3 is 0 Å². The molecule has 0 aliphatic rings. The Morgan fingerprint density at radius 1 is 1.29 bits per heavy atom. The summed E-state index contributed by atoms with van der Waals surface area (Å²) in [5.74, 6) is 0.693. The molecular weight excluding hydrogens is 216 g/mol. The molecule has 2 aromatic heterocycles. The molecule has 0 radical (unpaired) electrons. The quantitative estimate of drug-likeness (QED) is 0.821. The first-order valence-electron chi connectivity index (χ1n) is 5.76. The highest BCUT2D eigenvalue weighted by Crippen LogP contribution is 2.13. The fourth-order valence-electron chi connectivity index (χ4n) is 1.61. The first kappa shape index (κ1) is 11.5. The van der Waals surface area contributed by atoms with E-state index in [2.05, 4.69) is 6.92 Å². The molecule has 0 saturated heterocycles. The van der Waals surface area contributed by atoms with Gasteiger partial charge in [0.05, 0.1) is 18.5 Å². The van der Waals surface area contributed by atoms with Crippen LogP contribution < -0.4 is 16.0 Å². The van der Waals surface area contributed by atoms with Gasteiger partial charge in [0.15, 0.2) is 0 Å². The molecule has 0 aromatic carbocycles. The topological polar surface area (TPSA) is 56.7 Å². The number of hydrogen-bond acceptors (Lipinski definition) is 3. The molecule has 4 heteroatoms. The summed E-state index contributed by atoms with van der Waals surface area (Å²) < 4.78 is 7.06. The zero-order chi connectivity index (χ0) is 12.3. The predicted octanol–water partition coefficient (Wildman–Crippen LogP) is 2.06. The lowest BCUT2D eigenvalue weighted by Crippen LogP contribution is -2.17. The lowest BCUT2D eigenvalue weighted by molar-refractivity contribution is 0.308. The van der Waals surface area contributed by atoms with E-state index in [1.807, 2.05) is 18.2 Å². The molecule has 0 saturated carbocycles. The van der Waals surface area contributed by atoms with Crippen molar-refractivity contribution in [2.75, 3.05) is 12.3 Å². The average Bonchev–Trinajstić information content (AvgIpc) is 2.35. The normalized spacial score (nSPS) is 10.6. The molecule has 2 N–H and O–H groups in total. The molecule has 0 amide bonds. The molecule has 90 valence electrons. The molecule has 0 bridgehead atoms. The number of nitrogen functional groups attached to an aromatic ring is 1. The number of anilines is 1. The molecule has 0 aliphatic heterocycles. The molecule has 17 heavy (non-hydrogen) atoms. The van der Waals surface area contributed by atoms with Gasteiger partial charge in [-0.3, -0.25) is 9.20 Å². The number of ether oxygens (including phenoxy) is 1. The van der Waals surface area contributed by atoms with E-state index in [1.54, 1.807) is 12.3 Å². The summed E-state index contributed by atoms with van der Waals surface area (Å²) in [7, 11) is 0. The highest BCUT2D eigenvalue weighted by molar-refractivity contribution is 5.53. The summed E-state index contributed by atoms with van der Waals surface area (Å²) >= 11 is 0. The van der Waals surface area contributed by atoms with E-state index in [9.17, 15) is 4.79 Å². The van der Waals surface area contributed by atoms with Gasteiger partial charge in [0.1, 0.15) is 5.75 Å². The van der Waals surface area contributed by atoms with E-state index in [0.29, 0.717) is 12.4 Å². The second-order valence-electron chi connectivity index (χ2n) is 3.96. The minimum absolute atomic E-state index is 0.205. The van der Waals surface area contributed by atoms with Crippen LogP contribution in [0.4, 0.5) is 5.69 Å². The fourth-order valence-corrected chi connectivity index (χ4v) is 1.61. The Labute approximate surface area is 99.6 Å². The Bertz CT molecular complexity index is 575. The van der Waals surface area contributed by atoms with Crippen LogP contribution in [-0.4, -0.2) is 11.0 Å². The number of aromatic nitrogens is 1. The third-order valence-electron chi connectivity index (χ3n) is 2.62. The van der Waals surface area contributed by atoms with E-state index in [4.69, 9.17) is 10.5 Å². The van der Waals surface area contributed by atoms with Crippen molar-refractivity contribution in [3.05, 3.63) is 40.8 Å². The van der Waals surface area contributed by atoms with Crippen molar-refractivity contribution in [3.8, 4) is 5.75 Å². The van der Waals surface area contributed by atoms with Crippen molar-refractivity contribution in [1.29, 1.82) is 0 Å². The van der Waals surface area contributed by atoms with Crippen LogP contribution in [-0.2, 0) is 0 Å². The van der Waals surface area contributed by atoms with E-state index in [-0.39, 0.29) is 11.2 Å². The Morgan fingerprint density at radius 3 is 2.82 bits per heavy atom. The number of rotatable bonds is 4. The third-order valence-corrected chi connectivity index (χ3v) is 2.62. The SMILES string of the molecule is CCCCOc1ccc2ccc(N)c(=O)n2c1. The van der Waals surface area contributed by atoms with Crippen LogP contribution in [0.15, 0.2) is 35.3 Å². The molecule has 0 atom stereocenters. The Balaban J connectivity index is 2.35.